The molecule has 0 N–H and O–H groups in total. The van der Waals surface area contributed by atoms with Crippen LogP contribution in [-0.2, 0) is 4.74 Å². The van der Waals surface area contributed by atoms with E-state index < -0.39 is 0 Å². The Morgan fingerprint density at radius 2 is 2.17 bits per heavy atom. The molecule has 0 amide bonds. The van der Waals surface area contributed by atoms with Crippen molar-refractivity contribution in [3.63, 3.8) is 0 Å². The number of rotatable bonds is 4. The van der Waals surface area contributed by atoms with Gasteiger partial charge in [-0.25, -0.2) is 0 Å². The lowest BCUT2D eigenvalue weighted by Crippen LogP contribution is -2.19. The first-order valence-corrected chi connectivity index (χ1v) is 7.59. The van der Waals surface area contributed by atoms with Gasteiger partial charge in [-0.05, 0) is 43.4 Å². The molecule has 1 aliphatic rings. The molecule has 1 unspecified atom stereocenters. The van der Waals surface area contributed by atoms with E-state index in [9.17, 15) is 0 Å². The first-order chi connectivity index (χ1) is 8.72. The van der Waals surface area contributed by atoms with Gasteiger partial charge in [0, 0.05) is 17.7 Å². The van der Waals surface area contributed by atoms with Gasteiger partial charge in [0.05, 0.1) is 12.0 Å². The quantitative estimate of drug-likeness (QED) is 0.752. The molecular formula is C14H18BrClO2. The van der Waals surface area contributed by atoms with Gasteiger partial charge in [-0.3, -0.25) is 0 Å². The Morgan fingerprint density at radius 3 is 2.78 bits per heavy atom. The highest BCUT2D eigenvalue weighted by Gasteiger charge is 2.25. The number of hydrogen-bond donors (Lipinski definition) is 0. The summed E-state index contributed by atoms with van der Waals surface area (Å²) in [6.45, 7) is 4.30. The van der Waals surface area contributed by atoms with E-state index in [4.69, 9.17) is 21.1 Å². The Morgan fingerprint density at radius 1 is 1.44 bits per heavy atom. The highest BCUT2D eigenvalue weighted by molar-refractivity contribution is 9.10. The average Bonchev–Trinajstić information content (AvgIpc) is 2.40. The van der Waals surface area contributed by atoms with E-state index in [0.29, 0.717) is 12.5 Å². The van der Waals surface area contributed by atoms with Gasteiger partial charge in [-0.2, -0.15) is 0 Å². The molecule has 1 heterocycles. The zero-order valence-electron chi connectivity index (χ0n) is 10.5. The SMILES string of the molecule is CCOc1ccc(C(Cl)C2CCOCC2)c(Br)c1. The van der Waals surface area contributed by atoms with Crippen molar-refractivity contribution in [3.8, 4) is 5.75 Å². The molecule has 100 valence electrons. The number of halogens is 2. The minimum absolute atomic E-state index is 0.0407. The van der Waals surface area contributed by atoms with Crippen LogP contribution < -0.4 is 4.74 Å². The summed E-state index contributed by atoms with van der Waals surface area (Å²) < 4.78 is 11.9. The maximum absolute atomic E-state index is 6.59. The lowest BCUT2D eigenvalue weighted by Gasteiger charge is -2.27. The predicted octanol–water partition coefficient (Wildman–Crippen LogP) is 4.55. The van der Waals surface area contributed by atoms with Crippen LogP contribution in [0.15, 0.2) is 22.7 Å². The standard InChI is InChI=1S/C14H18BrClO2/c1-2-18-11-3-4-12(13(15)9-11)14(16)10-5-7-17-8-6-10/h3-4,9-10,14H,2,5-8H2,1H3. The van der Waals surface area contributed by atoms with Crippen molar-refractivity contribution in [2.75, 3.05) is 19.8 Å². The topological polar surface area (TPSA) is 18.5 Å². The van der Waals surface area contributed by atoms with E-state index in [-0.39, 0.29) is 5.38 Å². The third kappa shape index (κ3) is 3.40. The van der Waals surface area contributed by atoms with Gasteiger partial charge >= 0.3 is 0 Å². The van der Waals surface area contributed by atoms with Crippen molar-refractivity contribution in [2.45, 2.75) is 25.1 Å². The highest BCUT2D eigenvalue weighted by atomic mass is 79.9. The summed E-state index contributed by atoms with van der Waals surface area (Å²) in [7, 11) is 0. The van der Waals surface area contributed by atoms with E-state index in [1.54, 1.807) is 0 Å². The molecule has 2 nitrogen and oxygen atoms in total. The number of hydrogen-bond acceptors (Lipinski definition) is 2. The Labute approximate surface area is 122 Å². The Balaban J connectivity index is 2.11. The highest BCUT2D eigenvalue weighted by Crippen LogP contribution is 2.39. The summed E-state index contributed by atoms with van der Waals surface area (Å²) in [6, 6.07) is 6.04. The van der Waals surface area contributed by atoms with Crippen LogP contribution in [0.5, 0.6) is 5.75 Å². The predicted molar refractivity (Wildman–Crippen MR) is 77.4 cm³/mol. The zero-order chi connectivity index (χ0) is 13.0. The van der Waals surface area contributed by atoms with Crippen LogP contribution in [0.2, 0.25) is 0 Å². The minimum Gasteiger partial charge on any atom is -0.494 e. The van der Waals surface area contributed by atoms with Gasteiger partial charge in [0.1, 0.15) is 5.75 Å². The maximum atomic E-state index is 6.59. The molecule has 0 bridgehead atoms. The van der Waals surface area contributed by atoms with Gasteiger partial charge in [-0.1, -0.05) is 22.0 Å². The molecule has 1 aromatic carbocycles. The van der Waals surface area contributed by atoms with Crippen LogP contribution in [0.1, 0.15) is 30.7 Å². The van der Waals surface area contributed by atoms with Gasteiger partial charge in [-0.15, -0.1) is 11.6 Å². The summed E-state index contributed by atoms with van der Waals surface area (Å²) in [4.78, 5) is 0. The normalized spacial score (nSPS) is 18.6. The van der Waals surface area contributed by atoms with E-state index >= 15 is 0 Å². The zero-order valence-corrected chi connectivity index (χ0v) is 12.8. The van der Waals surface area contributed by atoms with Gasteiger partial charge in [0.15, 0.2) is 0 Å². The summed E-state index contributed by atoms with van der Waals surface area (Å²) in [6.07, 6.45) is 2.07. The Bertz CT molecular complexity index is 391. The van der Waals surface area contributed by atoms with Crippen molar-refractivity contribution >= 4 is 27.5 Å². The molecule has 0 saturated carbocycles. The third-order valence-corrected chi connectivity index (χ3v) is 4.54. The van der Waals surface area contributed by atoms with Crippen LogP contribution in [0.4, 0.5) is 0 Å². The molecule has 18 heavy (non-hydrogen) atoms. The second-order valence-corrected chi connectivity index (χ2v) is 5.79. The van der Waals surface area contributed by atoms with E-state index in [1.807, 2.05) is 19.1 Å². The van der Waals surface area contributed by atoms with Crippen LogP contribution in [0, 0.1) is 5.92 Å². The van der Waals surface area contributed by atoms with Crippen molar-refractivity contribution in [1.82, 2.24) is 0 Å². The van der Waals surface area contributed by atoms with Gasteiger partial charge < -0.3 is 9.47 Å². The Kier molecular flexibility index (Phi) is 5.34. The molecular weight excluding hydrogens is 316 g/mol. The molecule has 1 atom stereocenters. The fraction of sp³-hybridized carbons (Fsp3) is 0.571. The van der Waals surface area contributed by atoms with Crippen molar-refractivity contribution in [1.29, 1.82) is 0 Å². The lowest BCUT2D eigenvalue weighted by molar-refractivity contribution is 0.0650. The van der Waals surface area contributed by atoms with Crippen LogP contribution in [-0.4, -0.2) is 19.8 Å². The smallest absolute Gasteiger partial charge is 0.120 e. The molecule has 0 aromatic heterocycles. The molecule has 0 radical (unpaired) electrons. The van der Waals surface area contributed by atoms with Crippen LogP contribution in [0.25, 0.3) is 0 Å². The summed E-state index contributed by atoms with van der Waals surface area (Å²) in [5.74, 6) is 1.37. The third-order valence-electron chi connectivity index (χ3n) is 3.26. The largest absolute Gasteiger partial charge is 0.494 e. The second kappa shape index (κ2) is 6.78. The fourth-order valence-electron chi connectivity index (χ4n) is 2.25. The molecule has 0 spiro atoms. The minimum atomic E-state index is 0.0407. The molecule has 2 rings (SSSR count). The first-order valence-electron chi connectivity index (χ1n) is 6.36. The van der Waals surface area contributed by atoms with Crippen molar-refractivity contribution in [2.24, 2.45) is 5.92 Å². The average molecular weight is 334 g/mol. The Hall–Kier alpha value is -0.250. The van der Waals surface area contributed by atoms with E-state index in [0.717, 1.165) is 41.8 Å². The fourth-order valence-corrected chi connectivity index (χ4v) is 3.43. The molecule has 1 fully saturated rings. The first kappa shape index (κ1) is 14.2. The molecule has 0 aliphatic carbocycles. The lowest BCUT2D eigenvalue weighted by atomic mass is 9.92. The molecule has 4 heteroatoms. The number of ether oxygens (including phenoxy) is 2. The molecule has 1 aromatic rings. The van der Waals surface area contributed by atoms with Crippen LogP contribution in [0.3, 0.4) is 0 Å². The number of benzene rings is 1. The monoisotopic (exact) mass is 332 g/mol. The van der Waals surface area contributed by atoms with Gasteiger partial charge in [0.25, 0.3) is 0 Å². The van der Waals surface area contributed by atoms with E-state index in [2.05, 4.69) is 22.0 Å². The maximum Gasteiger partial charge on any atom is 0.120 e. The summed E-state index contributed by atoms with van der Waals surface area (Å²) in [5.41, 5.74) is 1.15. The van der Waals surface area contributed by atoms with E-state index in [1.165, 1.54) is 0 Å². The number of alkyl halides is 1. The summed E-state index contributed by atoms with van der Waals surface area (Å²) in [5, 5.41) is 0.0407. The van der Waals surface area contributed by atoms with Crippen molar-refractivity contribution < 1.29 is 9.47 Å². The molecule has 1 aliphatic heterocycles. The van der Waals surface area contributed by atoms with Crippen molar-refractivity contribution in [3.05, 3.63) is 28.2 Å². The summed E-state index contributed by atoms with van der Waals surface area (Å²) >= 11 is 10.2. The second-order valence-electron chi connectivity index (χ2n) is 4.47. The van der Waals surface area contributed by atoms with Gasteiger partial charge in [0.2, 0.25) is 0 Å². The molecule has 1 saturated heterocycles. The van der Waals surface area contributed by atoms with Crippen LogP contribution >= 0.6 is 27.5 Å².